The second-order valence-electron chi connectivity index (χ2n) is 13.4. The van der Waals surface area contributed by atoms with Gasteiger partial charge in [0.2, 0.25) is 0 Å². The Balaban J connectivity index is 1.11. The van der Waals surface area contributed by atoms with Crippen molar-refractivity contribution < 1.29 is 32.9 Å². The summed E-state index contributed by atoms with van der Waals surface area (Å²) in [6, 6.07) is 23.6. The summed E-state index contributed by atoms with van der Waals surface area (Å²) in [5, 5.41) is 6.93. The van der Waals surface area contributed by atoms with E-state index in [4.69, 9.17) is 23.3 Å². The summed E-state index contributed by atoms with van der Waals surface area (Å²) in [5.41, 5.74) is 5.00. The lowest BCUT2D eigenvalue weighted by Gasteiger charge is -2.32. The number of ether oxygens (including phenoxy) is 2. The largest absolute Gasteiger partial charge is 0.494 e. The zero-order chi connectivity index (χ0) is 33.6. The normalized spacial score (nSPS) is 18.0. The fraction of sp³-hybridized carbons (Fsp3) is 0.378. The Morgan fingerprint density at radius 3 is 2.11 bits per heavy atom. The lowest BCUT2D eigenvalue weighted by Crippen LogP contribution is -2.41. The van der Waals surface area contributed by atoms with E-state index in [1.165, 1.54) is 0 Å². The molecule has 1 saturated heterocycles. The maximum absolute atomic E-state index is 13.1. The van der Waals surface area contributed by atoms with Crippen molar-refractivity contribution in [2.24, 2.45) is 0 Å². The Morgan fingerprint density at radius 2 is 1.51 bits per heavy atom. The molecule has 2 heterocycles. The number of hydrogen-bond donors (Lipinski definition) is 1. The highest BCUT2D eigenvalue weighted by Gasteiger charge is 2.53. The van der Waals surface area contributed by atoms with E-state index in [-0.39, 0.29) is 5.97 Å². The third kappa shape index (κ3) is 6.32. The molecule has 2 fully saturated rings. The van der Waals surface area contributed by atoms with Crippen molar-refractivity contribution in [3.63, 3.8) is 0 Å². The van der Waals surface area contributed by atoms with Gasteiger partial charge in [-0.2, -0.15) is 0 Å². The minimum absolute atomic E-state index is 0.144. The van der Waals surface area contributed by atoms with Gasteiger partial charge < -0.3 is 23.3 Å². The average molecular weight is 637 g/mol. The van der Waals surface area contributed by atoms with Crippen molar-refractivity contribution in [3.05, 3.63) is 89.6 Å². The first-order valence-corrected chi connectivity index (χ1v) is 16.1. The van der Waals surface area contributed by atoms with Gasteiger partial charge in [-0.25, -0.2) is 4.79 Å². The Kier molecular flexibility index (Phi) is 8.53. The molecule has 2 aliphatic rings. The van der Waals surface area contributed by atoms with Gasteiger partial charge in [0.15, 0.2) is 5.76 Å². The monoisotopic (exact) mass is 636 g/mol. The Morgan fingerprint density at radius 1 is 0.915 bits per heavy atom. The van der Waals surface area contributed by atoms with E-state index in [0.717, 1.165) is 46.1 Å². The van der Waals surface area contributed by atoms with Gasteiger partial charge in [0.25, 0.3) is 0 Å². The van der Waals surface area contributed by atoms with E-state index in [1.54, 1.807) is 6.92 Å². The van der Waals surface area contributed by atoms with E-state index in [2.05, 4.69) is 10.5 Å². The van der Waals surface area contributed by atoms with Gasteiger partial charge in [-0.1, -0.05) is 78.0 Å². The number of hydrogen-bond acceptors (Lipinski definition) is 8. The van der Waals surface area contributed by atoms with Gasteiger partial charge >= 0.3 is 19.2 Å². The molecule has 0 bridgehead atoms. The number of nitrogens with one attached hydrogen (secondary N) is 1. The predicted octanol–water partition coefficient (Wildman–Crippen LogP) is 7.52. The van der Waals surface area contributed by atoms with Crippen LogP contribution in [-0.4, -0.2) is 42.1 Å². The quantitative estimate of drug-likeness (QED) is 0.148. The van der Waals surface area contributed by atoms with Crippen LogP contribution in [0.4, 0.5) is 10.5 Å². The Labute approximate surface area is 276 Å². The first-order chi connectivity index (χ1) is 22.3. The number of anilines is 1. The van der Waals surface area contributed by atoms with Crippen molar-refractivity contribution in [3.8, 4) is 22.5 Å². The molecule has 6 rings (SSSR count). The molecule has 3 aromatic carbocycles. The summed E-state index contributed by atoms with van der Waals surface area (Å²) in [6.07, 6.45) is 0.460. The number of aromatic nitrogens is 1. The summed E-state index contributed by atoms with van der Waals surface area (Å²) in [6.45, 7) is 13.8. The maximum atomic E-state index is 13.1. The fourth-order valence-electron chi connectivity index (χ4n) is 5.81. The van der Waals surface area contributed by atoms with E-state index in [1.807, 2.05) is 114 Å². The van der Waals surface area contributed by atoms with E-state index < -0.39 is 35.9 Å². The van der Waals surface area contributed by atoms with Crippen LogP contribution in [0, 0.1) is 6.92 Å². The summed E-state index contributed by atoms with van der Waals surface area (Å²) >= 11 is 0. The molecular weight excluding hydrogens is 595 g/mol. The smallest absolute Gasteiger partial charge is 0.465 e. The van der Waals surface area contributed by atoms with Gasteiger partial charge in [0, 0.05) is 5.56 Å². The van der Waals surface area contributed by atoms with Crippen molar-refractivity contribution in [2.45, 2.75) is 84.0 Å². The summed E-state index contributed by atoms with van der Waals surface area (Å²) in [5.74, 6) is 0.288. The molecule has 1 saturated carbocycles. The van der Waals surface area contributed by atoms with Crippen LogP contribution in [0.1, 0.15) is 77.3 Å². The SMILES string of the molecule is CCOC(=O)C1(c2ccc(-c3ccc(-c4onc(C)c4NC(=O)OC(C)c4cccc(B5OC(C)(C)C(C)(C)O5)c4)cc3)cc2)CC1. The van der Waals surface area contributed by atoms with Gasteiger partial charge in [-0.15, -0.1) is 0 Å². The summed E-state index contributed by atoms with van der Waals surface area (Å²) in [7, 11) is -0.514. The topological polar surface area (TPSA) is 109 Å². The standard InChI is InChI=1S/C37H41BN2O7/c1-8-43-33(41)37(20-21-37)29-18-16-26(17-19-29)25-12-14-27(15-13-25)32-31(23(2)40-45-32)39-34(42)44-24(3)28-10-9-11-30(22-28)38-46-35(4,5)36(6,7)47-38/h9-19,22,24H,8,20-21H2,1-7H3,(H,39,42). The average Bonchev–Trinajstić information content (AvgIpc) is 3.74. The van der Waals surface area contributed by atoms with Crippen LogP contribution in [0.5, 0.6) is 0 Å². The molecule has 244 valence electrons. The molecule has 4 aromatic rings. The first-order valence-electron chi connectivity index (χ1n) is 16.1. The molecule has 1 unspecified atom stereocenters. The maximum Gasteiger partial charge on any atom is 0.494 e. The highest BCUT2D eigenvalue weighted by Crippen LogP contribution is 2.49. The van der Waals surface area contributed by atoms with Crippen molar-refractivity contribution in [2.75, 3.05) is 11.9 Å². The van der Waals surface area contributed by atoms with E-state index >= 15 is 0 Å². The lowest BCUT2D eigenvalue weighted by molar-refractivity contribution is -0.146. The van der Waals surface area contributed by atoms with Crippen LogP contribution >= 0.6 is 0 Å². The van der Waals surface area contributed by atoms with Crippen LogP contribution in [0.2, 0.25) is 0 Å². The molecule has 1 atom stereocenters. The van der Waals surface area contributed by atoms with Crippen LogP contribution < -0.4 is 10.8 Å². The van der Waals surface area contributed by atoms with E-state index in [0.29, 0.717) is 23.7 Å². The van der Waals surface area contributed by atoms with Crippen LogP contribution in [0.3, 0.4) is 0 Å². The van der Waals surface area contributed by atoms with Gasteiger partial charge in [0.05, 0.1) is 23.2 Å². The number of nitrogens with zero attached hydrogens (tertiary/aromatic N) is 1. The Hall–Kier alpha value is -4.41. The molecule has 1 N–H and O–H groups in total. The molecule has 10 heteroatoms. The second kappa shape index (κ2) is 12.3. The highest BCUT2D eigenvalue weighted by atomic mass is 16.7. The number of carbonyl (C=O) groups is 2. The molecule has 0 spiro atoms. The molecule has 9 nitrogen and oxygen atoms in total. The van der Waals surface area contributed by atoms with Gasteiger partial charge in [-0.05, 0) is 89.0 Å². The zero-order valence-corrected chi connectivity index (χ0v) is 28.0. The predicted molar refractivity (Wildman–Crippen MR) is 180 cm³/mol. The molecular formula is C37H41BN2O7. The van der Waals surface area contributed by atoms with Gasteiger partial charge in [-0.3, -0.25) is 10.1 Å². The zero-order valence-electron chi connectivity index (χ0n) is 28.0. The highest BCUT2D eigenvalue weighted by molar-refractivity contribution is 6.62. The second-order valence-corrected chi connectivity index (χ2v) is 13.4. The molecule has 1 aromatic heterocycles. The minimum Gasteiger partial charge on any atom is -0.465 e. The van der Waals surface area contributed by atoms with Gasteiger partial charge in [0.1, 0.15) is 17.5 Å². The number of benzene rings is 3. The van der Waals surface area contributed by atoms with Crippen molar-refractivity contribution in [1.82, 2.24) is 5.16 Å². The van der Waals surface area contributed by atoms with Crippen LogP contribution in [0.15, 0.2) is 77.3 Å². The third-order valence-electron chi connectivity index (χ3n) is 9.61. The summed E-state index contributed by atoms with van der Waals surface area (Å²) < 4.78 is 29.1. The number of rotatable bonds is 9. The summed E-state index contributed by atoms with van der Waals surface area (Å²) in [4.78, 5) is 25.6. The number of esters is 1. The Bertz CT molecular complexity index is 1760. The molecule has 0 radical (unpaired) electrons. The molecule has 1 amide bonds. The fourth-order valence-corrected chi connectivity index (χ4v) is 5.81. The molecule has 1 aliphatic heterocycles. The third-order valence-corrected chi connectivity index (χ3v) is 9.61. The minimum atomic E-state index is -0.626. The molecule has 1 aliphatic carbocycles. The number of carbonyl (C=O) groups excluding carboxylic acids is 2. The first kappa shape index (κ1) is 32.5. The van der Waals surface area contributed by atoms with Crippen molar-refractivity contribution >= 4 is 30.3 Å². The van der Waals surface area contributed by atoms with Crippen LogP contribution in [0.25, 0.3) is 22.5 Å². The van der Waals surface area contributed by atoms with Crippen LogP contribution in [-0.2, 0) is 29.0 Å². The van der Waals surface area contributed by atoms with E-state index in [9.17, 15) is 9.59 Å². The van der Waals surface area contributed by atoms with Crippen molar-refractivity contribution in [1.29, 1.82) is 0 Å². The molecule has 47 heavy (non-hydrogen) atoms. The number of aryl methyl sites for hydroxylation is 1. The lowest BCUT2D eigenvalue weighted by atomic mass is 9.78. The number of amides is 1.